The number of hydrogen-bond donors (Lipinski definition) is 1. The Hall–Kier alpha value is -1.51. The van der Waals surface area contributed by atoms with Crippen molar-refractivity contribution in [3.8, 4) is 0 Å². The van der Waals surface area contributed by atoms with Gasteiger partial charge >= 0.3 is 0 Å². The molecule has 0 unspecified atom stereocenters. The summed E-state index contributed by atoms with van der Waals surface area (Å²) in [6, 6.07) is 10.9. The van der Waals surface area contributed by atoms with Gasteiger partial charge in [-0.15, -0.1) is 0 Å². The van der Waals surface area contributed by atoms with Crippen molar-refractivity contribution in [3.63, 3.8) is 0 Å². The van der Waals surface area contributed by atoms with Crippen LogP contribution in [0.15, 0.2) is 36.4 Å². The van der Waals surface area contributed by atoms with Crippen molar-refractivity contribution in [3.05, 3.63) is 57.6 Å². The number of carbonyl (C=O) groups excluding carboxylic acids is 1. The van der Waals surface area contributed by atoms with Gasteiger partial charge < -0.3 is 5.32 Å². The lowest BCUT2D eigenvalue weighted by Gasteiger charge is -2.14. The third-order valence-corrected chi connectivity index (χ3v) is 3.65. The highest BCUT2D eigenvalue weighted by Gasteiger charge is 2.12. The van der Waals surface area contributed by atoms with Crippen molar-refractivity contribution in [2.45, 2.75) is 41.5 Å². The molecule has 0 fully saturated rings. The minimum absolute atomic E-state index is 0.0111. The Balaban J connectivity index is 0.00000112. The van der Waals surface area contributed by atoms with Crippen molar-refractivity contribution in [2.24, 2.45) is 0 Å². The number of benzene rings is 2. The van der Waals surface area contributed by atoms with Crippen LogP contribution < -0.4 is 5.32 Å². The Morgan fingerprint density at radius 1 is 0.957 bits per heavy atom. The first-order valence-corrected chi connectivity index (χ1v) is 8.58. The van der Waals surface area contributed by atoms with E-state index in [0.29, 0.717) is 27.0 Å². The van der Waals surface area contributed by atoms with Gasteiger partial charge in [-0.25, -0.2) is 0 Å². The number of rotatable bonds is 3. The molecule has 0 amide bonds. The zero-order chi connectivity index (χ0) is 18.0. The smallest absolute Gasteiger partial charge is 0.161 e. The summed E-state index contributed by atoms with van der Waals surface area (Å²) in [7, 11) is 0. The molecule has 0 atom stereocenters. The zero-order valence-electron chi connectivity index (χ0n) is 14.6. The molecule has 0 aliphatic rings. The molecule has 0 radical (unpaired) electrons. The molecule has 126 valence electrons. The van der Waals surface area contributed by atoms with Gasteiger partial charge in [-0.3, -0.25) is 4.79 Å². The van der Waals surface area contributed by atoms with Gasteiger partial charge in [0.05, 0.1) is 15.7 Å². The first-order valence-electron chi connectivity index (χ1n) is 7.82. The number of anilines is 2. The molecule has 2 rings (SSSR count). The molecule has 0 aliphatic carbocycles. The van der Waals surface area contributed by atoms with E-state index in [9.17, 15) is 4.79 Å². The SMILES string of the molecule is CC.CC.CC(=O)c1ccccc1Nc1c(Cl)ccc(C)c1Cl. The van der Waals surface area contributed by atoms with Gasteiger partial charge in [0, 0.05) is 11.3 Å². The van der Waals surface area contributed by atoms with E-state index in [1.54, 1.807) is 12.1 Å². The van der Waals surface area contributed by atoms with Gasteiger partial charge in [-0.05, 0) is 37.6 Å². The van der Waals surface area contributed by atoms with Crippen LogP contribution in [0.3, 0.4) is 0 Å². The van der Waals surface area contributed by atoms with Gasteiger partial charge in [0.2, 0.25) is 0 Å². The van der Waals surface area contributed by atoms with Crippen LogP contribution in [0.5, 0.6) is 0 Å². The molecule has 0 bridgehead atoms. The maximum atomic E-state index is 11.6. The van der Waals surface area contributed by atoms with E-state index in [0.717, 1.165) is 5.56 Å². The number of para-hydroxylation sites is 1. The average molecular weight is 354 g/mol. The van der Waals surface area contributed by atoms with E-state index in [1.807, 2.05) is 58.9 Å². The second-order valence-electron chi connectivity index (χ2n) is 4.28. The molecule has 0 heterocycles. The summed E-state index contributed by atoms with van der Waals surface area (Å²) in [5.74, 6) is -0.0111. The molecule has 0 saturated carbocycles. The summed E-state index contributed by atoms with van der Waals surface area (Å²) in [6.45, 7) is 11.4. The quantitative estimate of drug-likeness (QED) is 0.586. The van der Waals surface area contributed by atoms with E-state index in [4.69, 9.17) is 23.2 Å². The summed E-state index contributed by atoms with van der Waals surface area (Å²) in [6.07, 6.45) is 0. The molecule has 1 N–H and O–H groups in total. The molecule has 0 aliphatic heterocycles. The van der Waals surface area contributed by atoms with Crippen molar-refractivity contribution < 1.29 is 4.79 Å². The van der Waals surface area contributed by atoms with Crippen LogP contribution in [0.4, 0.5) is 11.4 Å². The largest absolute Gasteiger partial charge is 0.352 e. The van der Waals surface area contributed by atoms with E-state index < -0.39 is 0 Å². The van der Waals surface area contributed by atoms with Crippen LogP contribution in [0, 0.1) is 6.92 Å². The number of aryl methyl sites for hydroxylation is 1. The number of ketones is 1. The predicted octanol–water partition coefficient (Wildman–Crippen LogP) is 7.30. The maximum Gasteiger partial charge on any atom is 0.161 e. The highest BCUT2D eigenvalue weighted by atomic mass is 35.5. The van der Waals surface area contributed by atoms with Crippen molar-refractivity contribution in [1.82, 2.24) is 0 Å². The van der Waals surface area contributed by atoms with Crippen LogP contribution in [0.25, 0.3) is 0 Å². The number of carbonyl (C=O) groups is 1. The maximum absolute atomic E-state index is 11.6. The number of Topliss-reactive ketones (excluding diaryl/α,β-unsaturated/α-hetero) is 1. The fourth-order valence-electron chi connectivity index (χ4n) is 1.81. The topological polar surface area (TPSA) is 29.1 Å². The number of nitrogens with one attached hydrogen (secondary N) is 1. The normalized spacial score (nSPS) is 9.04. The predicted molar refractivity (Wildman–Crippen MR) is 104 cm³/mol. The third-order valence-electron chi connectivity index (χ3n) is 2.85. The van der Waals surface area contributed by atoms with Gasteiger partial charge in [-0.2, -0.15) is 0 Å². The molecule has 2 aromatic rings. The van der Waals surface area contributed by atoms with Crippen LogP contribution in [-0.4, -0.2) is 5.78 Å². The van der Waals surface area contributed by atoms with Gasteiger partial charge in [0.25, 0.3) is 0 Å². The highest BCUT2D eigenvalue weighted by Crippen LogP contribution is 2.35. The molecule has 0 spiro atoms. The number of hydrogen-bond acceptors (Lipinski definition) is 2. The van der Waals surface area contributed by atoms with Gasteiger partial charge in [0.1, 0.15) is 0 Å². The Kier molecular flexibility index (Phi) is 10.4. The minimum Gasteiger partial charge on any atom is -0.352 e. The van der Waals surface area contributed by atoms with E-state index in [1.165, 1.54) is 6.92 Å². The fraction of sp³-hybridized carbons (Fsp3) is 0.316. The van der Waals surface area contributed by atoms with E-state index >= 15 is 0 Å². The number of halogens is 2. The first-order chi connectivity index (χ1) is 11.0. The van der Waals surface area contributed by atoms with Gasteiger partial charge in [-0.1, -0.05) is 69.1 Å². The van der Waals surface area contributed by atoms with E-state index in [2.05, 4.69) is 5.32 Å². The monoisotopic (exact) mass is 353 g/mol. The molecule has 0 saturated heterocycles. The van der Waals surface area contributed by atoms with E-state index in [-0.39, 0.29) is 5.78 Å². The Morgan fingerprint density at radius 3 is 2.09 bits per heavy atom. The van der Waals surface area contributed by atoms with Crippen LogP contribution in [0.2, 0.25) is 10.0 Å². The Labute approximate surface area is 149 Å². The highest BCUT2D eigenvalue weighted by molar-refractivity contribution is 6.39. The second-order valence-corrected chi connectivity index (χ2v) is 5.07. The summed E-state index contributed by atoms with van der Waals surface area (Å²) in [4.78, 5) is 11.6. The molecule has 23 heavy (non-hydrogen) atoms. The Morgan fingerprint density at radius 2 is 1.52 bits per heavy atom. The Bertz CT molecular complexity index is 639. The molecular weight excluding hydrogens is 329 g/mol. The summed E-state index contributed by atoms with van der Waals surface area (Å²) in [5.41, 5.74) is 2.85. The molecule has 0 aromatic heterocycles. The standard InChI is InChI=1S/C15H13Cl2NO.2C2H6/c1-9-7-8-12(16)15(14(9)17)18-13-6-4-3-5-11(13)10(2)19;2*1-2/h3-8,18H,1-2H3;2*1-2H3. The van der Waals surface area contributed by atoms with Crippen LogP contribution >= 0.6 is 23.2 Å². The lowest BCUT2D eigenvalue weighted by atomic mass is 10.1. The van der Waals surface area contributed by atoms with Gasteiger partial charge in [0.15, 0.2) is 5.78 Å². The molecule has 2 aromatic carbocycles. The molecule has 2 nitrogen and oxygen atoms in total. The summed E-state index contributed by atoms with van der Waals surface area (Å²) >= 11 is 12.4. The van der Waals surface area contributed by atoms with Crippen molar-refractivity contribution in [2.75, 3.05) is 5.32 Å². The lowest BCUT2D eigenvalue weighted by Crippen LogP contribution is -2.01. The third kappa shape index (κ3) is 5.89. The minimum atomic E-state index is -0.0111. The zero-order valence-corrected chi connectivity index (χ0v) is 16.1. The van der Waals surface area contributed by atoms with Crippen molar-refractivity contribution >= 4 is 40.4 Å². The summed E-state index contributed by atoms with van der Waals surface area (Å²) in [5, 5.41) is 4.23. The summed E-state index contributed by atoms with van der Waals surface area (Å²) < 4.78 is 0. The fourth-order valence-corrected chi connectivity index (χ4v) is 2.27. The second kappa shape index (κ2) is 11.1. The van der Waals surface area contributed by atoms with Crippen LogP contribution in [-0.2, 0) is 0 Å². The first kappa shape index (κ1) is 21.5. The molecule has 4 heteroatoms. The lowest BCUT2D eigenvalue weighted by molar-refractivity contribution is 0.101. The molecular formula is C19H25Cl2NO. The average Bonchev–Trinajstić information content (AvgIpc) is 2.59. The van der Waals surface area contributed by atoms with Crippen LogP contribution in [0.1, 0.15) is 50.5 Å². The van der Waals surface area contributed by atoms with Crippen molar-refractivity contribution in [1.29, 1.82) is 0 Å².